The fraction of sp³-hybridized carbons (Fsp3) is 0.118. The van der Waals surface area contributed by atoms with Crippen LogP contribution in [0.1, 0.15) is 15.9 Å². The average Bonchev–Trinajstić information content (AvgIpc) is 2.52. The number of amides is 1. The zero-order valence-corrected chi connectivity index (χ0v) is 12.9. The molecule has 0 spiro atoms. The number of rotatable bonds is 5. The topological polar surface area (TPSA) is 29.1 Å². The molecule has 0 unspecified atom stereocenters. The lowest BCUT2D eigenvalue weighted by Gasteiger charge is -2.05. The maximum absolute atomic E-state index is 11.7. The summed E-state index contributed by atoms with van der Waals surface area (Å²) in [6.45, 7) is 0.243. The SMILES string of the molecule is C#CCNC(=O)c1ccc(CSc2ccc(Cl)cc2)cc1. The molecule has 2 rings (SSSR count). The number of hydrogen-bond acceptors (Lipinski definition) is 2. The lowest BCUT2D eigenvalue weighted by atomic mass is 10.1. The average molecular weight is 316 g/mol. The van der Waals surface area contributed by atoms with Gasteiger partial charge in [0.05, 0.1) is 6.54 Å². The van der Waals surface area contributed by atoms with E-state index in [0.717, 1.165) is 21.2 Å². The summed E-state index contributed by atoms with van der Waals surface area (Å²) in [5.41, 5.74) is 1.77. The molecule has 0 aromatic heterocycles. The number of benzene rings is 2. The molecule has 0 aliphatic carbocycles. The van der Waals surface area contributed by atoms with E-state index in [0.29, 0.717) is 5.56 Å². The highest BCUT2D eigenvalue weighted by Gasteiger charge is 2.04. The molecule has 0 aliphatic heterocycles. The Kier molecular flexibility index (Phi) is 5.74. The predicted molar refractivity (Wildman–Crippen MR) is 88.6 cm³/mol. The van der Waals surface area contributed by atoms with Crippen LogP contribution in [0.25, 0.3) is 0 Å². The van der Waals surface area contributed by atoms with E-state index in [2.05, 4.69) is 11.2 Å². The maximum atomic E-state index is 11.7. The van der Waals surface area contributed by atoms with Gasteiger partial charge in [0, 0.05) is 21.2 Å². The Bertz CT molecular complexity index is 644. The highest BCUT2D eigenvalue weighted by Crippen LogP contribution is 2.24. The summed E-state index contributed by atoms with van der Waals surface area (Å²) in [7, 11) is 0. The Balaban J connectivity index is 1.92. The van der Waals surface area contributed by atoms with E-state index in [9.17, 15) is 4.79 Å². The second-order valence-electron chi connectivity index (χ2n) is 4.33. The van der Waals surface area contributed by atoms with Crippen LogP contribution in [0, 0.1) is 12.3 Å². The predicted octanol–water partition coefficient (Wildman–Crippen LogP) is 4.00. The molecular weight excluding hydrogens is 302 g/mol. The molecule has 4 heteroatoms. The summed E-state index contributed by atoms with van der Waals surface area (Å²) in [6, 6.07) is 15.3. The van der Waals surface area contributed by atoms with Gasteiger partial charge >= 0.3 is 0 Å². The highest BCUT2D eigenvalue weighted by molar-refractivity contribution is 7.98. The molecule has 0 saturated carbocycles. The van der Waals surface area contributed by atoms with Crippen LogP contribution in [0.4, 0.5) is 0 Å². The van der Waals surface area contributed by atoms with Crippen LogP contribution in [-0.4, -0.2) is 12.5 Å². The summed E-state index contributed by atoms with van der Waals surface area (Å²) < 4.78 is 0. The Hall–Kier alpha value is -1.89. The van der Waals surface area contributed by atoms with E-state index in [1.807, 2.05) is 48.5 Å². The molecule has 2 aromatic rings. The first-order valence-electron chi connectivity index (χ1n) is 6.38. The molecule has 1 N–H and O–H groups in total. The van der Waals surface area contributed by atoms with Gasteiger partial charge in [0.2, 0.25) is 0 Å². The van der Waals surface area contributed by atoms with Gasteiger partial charge in [-0.15, -0.1) is 18.2 Å². The monoisotopic (exact) mass is 315 g/mol. The van der Waals surface area contributed by atoms with Gasteiger partial charge < -0.3 is 5.32 Å². The van der Waals surface area contributed by atoms with Gasteiger partial charge in [-0.3, -0.25) is 4.79 Å². The molecular formula is C17H14ClNOS. The number of terminal acetylenes is 1. The first-order valence-corrected chi connectivity index (χ1v) is 7.74. The molecule has 2 aromatic carbocycles. The largest absolute Gasteiger partial charge is 0.341 e. The second-order valence-corrected chi connectivity index (χ2v) is 5.81. The van der Waals surface area contributed by atoms with E-state index >= 15 is 0 Å². The molecule has 1 amide bonds. The van der Waals surface area contributed by atoms with Crippen molar-refractivity contribution < 1.29 is 4.79 Å². The molecule has 106 valence electrons. The molecule has 0 heterocycles. The number of carbonyl (C=O) groups is 1. The van der Waals surface area contributed by atoms with Gasteiger partial charge in [0.1, 0.15) is 0 Å². The standard InChI is InChI=1S/C17H14ClNOS/c1-2-11-19-17(20)14-5-3-13(4-6-14)12-21-16-9-7-15(18)8-10-16/h1,3-10H,11-12H2,(H,19,20). The lowest BCUT2D eigenvalue weighted by Crippen LogP contribution is -2.23. The van der Waals surface area contributed by atoms with Crippen molar-refractivity contribution in [3.63, 3.8) is 0 Å². The molecule has 0 bridgehead atoms. The van der Waals surface area contributed by atoms with Crippen molar-refractivity contribution in [3.05, 3.63) is 64.7 Å². The molecule has 0 atom stereocenters. The van der Waals surface area contributed by atoms with Crippen LogP contribution >= 0.6 is 23.4 Å². The smallest absolute Gasteiger partial charge is 0.252 e. The highest BCUT2D eigenvalue weighted by atomic mass is 35.5. The quantitative estimate of drug-likeness (QED) is 0.667. The van der Waals surface area contributed by atoms with Crippen LogP contribution in [-0.2, 0) is 5.75 Å². The van der Waals surface area contributed by atoms with Crippen LogP contribution < -0.4 is 5.32 Å². The maximum Gasteiger partial charge on any atom is 0.252 e. The lowest BCUT2D eigenvalue weighted by molar-refractivity contribution is 0.0958. The number of thioether (sulfide) groups is 1. The number of nitrogens with one attached hydrogen (secondary N) is 1. The Labute approximate surface area is 133 Å². The van der Waals surface area contributed by atoms with Gasteiger partial charge in [-0.1, -0.05) is 29.7 Å². The van der Waals surface area contributed by atoms with Crippen molar-refractivity contribution in [1.82, 2.24) is 5.32 Å². The third-order valence-electron chi connectivity index (χ3n) is 2.79. The van der Waals surface area contributed by atoms with Crippen molar-refractivity contribution in [2.24, 2.45) is 0 Å². The summed E-state index contributed by atoms with van der Waals surface area (Å²) in [5.74, 6) is 3.07. The molecule has 0 saturated heterocycles. The summed E-state index contributed by atoms with van der Waals surface area (Å²) in [6.07, 6.45) is 5.11. The number of hydrogen-bond donors (Lipinski definition) is 1. The minimum absolute atomic E-state index is 0.148. The third-order valence-corrected chi connectivity index (χ3v) is 4.12. The molecule has 0 aliphatic rings. The molecule has 2 nitrogen and oxygen atoms in total. The van der Waals surface area contributed by atoms with E-state index < -0.39 is 0 Å². The van der Waals surface area contributed by atoms with E-state index in [1.54, 1.807) is 11.8 Å². The fourth-order valence-corrected chi connectivity index (χ4v) is 2.66. The van der Waals surface area contributed by atoms with E-state index in [1.165, 1.54) is 0 Å². The minimum Gasteiger partial charge on any atom is -0.341 e. The summed E-state index contributed by atoms with van der Waals surface area (Å²) in [4.78, 5) is 12.9. The molecule has 21 heavy (non-hydrogen) atoms. The first-order chi connectivity index (χ1) is 10.2. The van der Waals surface area contributed by atoms with Crippen LogP contribution in [0.3, 0.4) is 0 Å². The first kappa shape index (κ1) is 15.5. The molecule has 0 radical (unpaired) electrons. The van der Waals surface area contributed by atoms with Crippen molar-refractivity contribution in [2.75, 3.05) is 6.54 Å². The minimum atomic E-state index is -0.148. The zero-order chi connectivity index (χ0) is 15.1. The van der Waals surface area contributed by atoms with Gasteiger partial charge in [-0.2, -0.15) is 0 Å². The Morgan fingerprint density at radius 3 is 2.43 bits per heavy atom. The van der Waals surface area contributed by atoms with Gasteiger partial charge in [0.25, 0.3) is 5.91 Å². The Morgan fingerprint density at radius 1 is 1.14 bits per heavy atom. The van der Waals surface area contributed by atoms with Crippen LogP contribution in [0.15, 0.2) is 53.4 Å². The van der Waals surface area contributed by atoms with Crippen molar-refractivity contribution >= 4 is 29.3 Å². The fourth-order valence-electron chi connectivity index (χ4n) is 1.68. The van der Waals surface area contributed by atoms with Crippen molar-refractivity contribution in [1.29, 1.82) is 0 Å². The number of halogens is 1. The van der Waals surface area contributed by atoms with Gasteiger partial charge in [0.15, 0.2) is 0 Å². The second kappa shape index (κ2) is 7.78. The zero-order valence-electron chi connectivity index (χ0n) is 11.3. The molecule has 0 fully saturated rings. The van der Waals surface area contributed by atoms with E-state index in [-0.39, 0.29) is 12.5 Å². The van der Waals surface area contributed by atoms with E-state index in [4.69, 9.17) is 18.0 Å². The van der Waals surface area contributed by atoms with Crippen LogP contribution in [0.2, 0.25) is 5.02 Å². The van der Waals surface area contributed by atoms with Crippen molar-refractivity contribution in [2.45, 2.75) is 10.6 Å². The van der Waals surface area contributed by atoms with Crippen molar-refractivity contribution in [3.8, 4) is 12.3 Å². The summed E-state index contributed by atoms with van der Waals surface area (Å²) >= 11 is 7.58. The summed E-state index contributed by atoms with van der Waals surface area (Å²) in [5, 5.41) is 3.38. The third kappa shape index (κ3) is 4.86. The normalized spacial score (nSPS) is 9.90. The Morgan fingerprint density at radius 2 is 1.81 bits per heavy atom. The van der Waals surface area contributed by atoms with Crippen LogP contribution in [0.5, 0.6) is 0 Å². The van der Waals surface area contributed by atoms with Gasteiger partial charge in [-0.05, 0) is 42.0 Å². The number of carbonyl (C=O) groups excluding carboxylic acids is 1. The van der Waals surface area contributed by atoms with Gasteiger partial charge in [-0.25, -0.2) is 0 Å².